The van der Waals surface area contributed by atoms with Gasteiger partial charge in [-0.2, -0.15) is 5.10 Å². The zero-order valence-corrected chi connectivity index (χ0v) is 9.34. The van der Waals surface area contributed by atoms with E-state index in [0.717, 1.165) is 16.9 Å². The monoisotopic (exact) mass is 218 g/mol. The zero-order valence-electron chi connectivity index (χ0n) is 9.34. The standard InChI is InChI=1S/C12H14N2O2/c1-8(6-12(15)16)11-7-10-5-3-4-9(2)14(10)13-11/h3-5,7-8H,6H2,1-2H3,(H,15,16). The molecular formula is C12H14N2O2. The first-order valence-corrected chi connectivity index (χ1v) is 5.25. The fourth-order valence-electron chi connectivity index (χ4n) is 1.78. The van der Waals surface area contributed by atoms with Gasteiger partial charge in [0, 0.05) is 11.6 Å². The number of aromatic nitrogens is 2. The van der Waals surface area contributed by atoms with E-state index in [1.807, 2.05) is 42.6 Å². The van der Waals surface area contributed by atoms with Gasteiger partial charge in [-0.25, -0.2) is 4.52 Å². The lowest BCUT2D eigenvalue weighted by molar-refractivity contribution is -0.137. The Labute approximate surface area is 93.5 Å². The van der Waals surface area contributed by atoms with E-state index in [1.165, 1.54) is 0 Å². The third-order valence-electron chi connectivity index (χ3n) is 2.68. The molecule has 0 radical (unpaired) electrons. The summed E-state index contributed by atoms with van der Waals surface area (Å²) in [4.78, 5) is 10.6. The zero-order chi connectivity index (χ0) is 11.7. The van der Waals surface area contributed by atoms with Crippen LogP contribution in [0.3, 0.4) is 0 Å². The Morgan fingerprint density at radius 1 is 1.56 bits per heavy atom. The van der Waals surface area contributed by atoms with Gasteiger partial charge >= 0.3 is 5.97 Å². The first-order valence-electron chi connectivity index (χ1n) is 5.25. The molecule has 2 aromatic rings. The topological polar surface area (TPSA) is 54.6 Å². The molecule has 84 valence electrons. The Bertz CT molecular complexity index is 531. The minimum absolute atomic E-state index is 0.0585. The van der Waals surface area contributed by atoms with Crippen molar-refractivity contribution in [2.24, 2.45) is 0 Å². The Kier molecular flexibility index (Phi) is 2.64. The predicted octanol–water partition coefficient (Wildman–Crippen LogP) is 2.22. The molecule has 2 heterocycles. The highest BCUT2D eigenvalue weighted by Crippen LogP contribution is 2.19. The van der Waals surface area contributed by atoms with E-state index < -0.39 is 5.97 Å². The predicted molar refractivity (Wildman–Crippen MR) is 60.6 cm³/mol. The maximum absolute atomic E-state index is 10.6. The molecule has 4 heteroatoms. The van der Waals surface area contributed by atoms with E-state index in [4.69, 9.17) is 5.11 Å². The molecule has 0 saturated heterocycles. The first kappa shape index (κ1) is 10.7. The highest BCUT2D eigenvalue weighted by molar-refractivity contribution is 5.68. The fraction of sp³-hybridized carbons (Fsp3) is 0.333. The van der Waals surface area contributed by atoms with Crippen molar-refractivity contribution in [3.63, 3.8) is 0 Å². The van der Waals surface area contributed by atoms with Gasteiger partial charge in [0.05, 0.1) is 17.6 Å². The van der Waals surface area contributed by atoms with Gasteiger partial charge in [0.2, 0.25) is 0 Å². The van der Waals surface area contributed by atoms with E-state index in [9.17, 15) is 4.79 Å². The van der Waals surface area contributed by atoms with Crippen LogP contribution in [0, 0.1) is 6.92 Å². The van der Waals surface area contributed by atoms with Gasteiger partial charge in [0.15, 0.2) is 0 Å². The first-order chi connectivity index (χ1) is 7.58. The lowest BCUT2D eigenvalue weighted by Gasteiger charge is -2.03. The molecule has 0 fully saturated rings. The molecule has 1 N–H and O–H groups in total. The molecule has 0 bridgehead atoms. The molecule has 2 aromatic heterocycles. The number of rotatable bonds is 3. The summed E-state index contributed by atoms with van der Waals surface area (Å²) in [7, 11) is 0. The Hall–Kier alpha value is -1.84. The number of aryl methyl sites for hydroxylation is 1. The molecule has 16 heavy (non-hydrogen) atoms. The fourth-order valence-corrected chi connectivity index (χ4v) is 1.78. The summed E-state index contributed by atoms with van der Waals surface area (Å²) in [5.41, 5.74) is 2.88. The summed E-state index contributed by atoms with van der Waals surface area (Å²) in [6.45, 7) is 3.86. The number of nitrogens with zero attached hydrogens (tertiary/aromatic N) is 2. The van der Waals surface area contributed by atoms with Crippen molar-refractivity contribution in [2.45, 2.75) is 26.2 Å². The van der Waals surface area contributed by atoms with Crippen molar-refractivity contribution in [1.82, 2.24) is 9.61 Å². The van der Waals surface area contributed by atoms with E-state index >= 15 is 0 Å². The highest BCUT2D eigenvalue weighted by Gasteiger charge is 2.14. The number of fused-ring (bicyclic) bond motifs is 1. The van der Waals surface area contributed by atoms with Crippen LogP contribution in [0.25, 0.3) is 5.52 Å². The molecule has 0 aromatic carbocycles. The smallest absolute Gasteiger partial charge is 0.304 e. The Balaban J connectivity index is 2.39. The van der Waals surface area contributed by atoms with Gasteiger partial charge in [0.1, 0.15) is 0 Å². The molecule has 0 spiro atoms. The van der Waals surface area contributed by atoms with Crippen LogP contribution in [0.5, 0.6) is 0 Å². The van der Waals surface area contributed by atoms with Crippen LogP contribution in [-0.4, -0.2) is 20.7 Å². The Morgan fingerprint density at radius 2 is 2.31 bits per heavy atom. The molecule has 0 aliphatic carbocycles. The van der Waals surface area contributed by atoms with E-state index in [-0.39, 0.29) is 12.3 Å². The number of hydrogen-bond donors (Lipinski definition) is 1. The molecule has 0 aliphatic heterocycles. The maximum atomic E-state index is 10.6. The van der Waals surface area contributed by atoms with Crippen molar-refractivity contribution < 1.29 is 9.90 Å². The van der Waals surface area contributed by atoms with Crippen molar-refractivity contribution in [1.29, 1.82) is 0 Å². The summed E-state index contributed by atoms with van der Waals surface area (Å²) in [5, 5.41) is 13.2. The van der Waals surface area contributed by atoms with Crippen LogP contribution >= 0.6 is 0 Å². The minimum atomic E-state index is -0.790. The second kappa shape index (κ2) is 3.96. The number of carboxylic acids is 1. The normalized spacial score (nSPS) is 12.9. The molecule has 1 unspecified atom stereocenters. The van der Waals surface area contributed by atoms with Crippen LogP contribution < -0.4 is 0 Å². The summed E-state index contributed by atoms with van der Waals surface area (Å²) in [6, 6.07) is 7.86. The van der Waals surface area contributed by atoms with Gasteiger partial charge in [-0.1, -0.05) is 13.0 Å². The number of aliphatic carboxylic acids is 1. The molecular weight excluding hydrogens is 204 g/mol. The maximum Gasteiger partial charge on any atom is 0.304 e. The largest absolute Gasteiger partial charge is 0.481 e. The second-order valence-electron chi connectivity index (χ2n) is 4.07. The van der Waals surface area contributed by atoms with Crippen LogP contribution in [0.4, 0.5) is 0 Å². The SMILES string of the molecule is Cc1cccc2cc(C(C)CC(=O)O)nn12. The summed E-state index contributed by atoms with van der Waals surface area (Å²) >= 11 is 0. The number of hydrogen-bond acceptors (Lipinski definition) is 2. The van der Waals surface area contributed by atoms with Crippen LogP contribution in [0.1, 0.15) is 30.7 Å². The van der Waals surface area contributed by atoms with Gasteiger partial charge in [-0.15, -0.1) is 0 Å². The number of pyridine rings is 1. The third-order valence-corrected chi connectivity index (χ3v) is 2.68. The van der Waals surface area contributed by atoms with Gasteiger partial charge in [-0.3, -0.25) is 4.79 Å². The average molecular weight is 218 g/mol. The molecule has 0 amide bonds. The van der Waals surface area contributed by atoms with Crippen molar-refractivity contribution in [3.8, 4) is 0 Å². The van der Waals surface area contributed by atoms with Gasteiger partial charge < -0.3 is 5.11 Å². The number of carbonyl (C=O) groups is 1. The van der Waals surface area contributed by atoms with Crippen molar-refractivity contribution in [3.05, 3.63) is 35.7 Å². The lowest BCUT2D eigenvalue weighted by Crippen LogP contribution is -2.03. The quantitative estimate of drug-likeness (QED) is 0.859. The molecule has 4 nitrogen and oxygen atoms in total. The van der Waals surface area contributed by atoms with E-state index in [2.05, 4.69) is 5.10 Å². The summed E-state index contributed by atoms with van der Waals surface area (Å²) < 4.78 is 1.84. The molecule has 1 atom stereocenters. The van der Waals surface area contributed by atoms with E-state index in [1.54, 1.807) is 0 Å². The Morgan fingerprint density at radius 3 is 2.94 bits per heavy atom. The molecule has 0 aliphatic rings. The summed E-state index contributed by atoms with van der Waals surface area (Å²) in [5.74, 6) is -0.849. The lowest BCUT2D eigenvalue weighted by atomic mass is 10.0. The van der Waals surface area contributed by atoms with Gasteiger partial charge in [-0.05, 0) is 25.1 Å². The highest BCUT2D eigenvalue weighted by atomic mass is 16.4. The van der Waals surface area contributed by atoms with Gasteiger partial charge in [0.25, 0.3) is 0 Å². The van der Waals surface area contributed by atoms with Crippen molar-refractivity contribution >= 4 is 11.5 Å². The second-order valence-corrected chi connectivity index (χ2v) is 4.07. The average Bonchev–Trinajstić information content (AvgIpc) is 2.61. The van der Waals surface area contributed by atoms with Crippen LogP contribution in [-0.2, 0) is 4.79 Å². The van der Waals surface area contributed by atoms with Crippen LogP contribution in [0.15, 0.2) is 24.3 Å². The molecule has 0 saturated carbocycles. The minimum Gasteiger partial charge on any atom is -0.481 e. The van der Waals surface area contributed by atoms with E-state index in [0.29, 0.717) is 0 Å². The third kappa shape index (κ3) is 1.91. The van der Waals surface area contributed by atoms with Crippen LogP contribution in [0.2, 0.25) is 0 Å². The summed E-state index contributed by atoms with van der Waals surface area (Å²) in [6.07, 6.45) is 0.114. The molecule has 2 rings (SSSR count). The number of carboxylic acid groups (broad SMARTS) is 1. The van der Waals surface area contributed by atoms with Crippen molar-refractivity contribution in [2.75, 3.05) is 0 Å².